The minimum absolute atomic E-state index is 0.285. The summed E-state index contributed by atoms with van der Waals surface area (Å²) in [6.07, 6.45) is 4.62. The minimum Gasteiger partial charge on any atom is -0.493 e. The Morgan fingerprint density at radius 3 is 2.83 bits per heavy atom. The number of nitrogens with two attached hydrogens (primary N) is 1. The monoisotopic (exact) mass is 247 g/mol. The van der Waals surface area contributed by atoms with Crippen LogP contribution in [0.25, 0.3) is 0 Å². The second-order valence-corrected chi connectivity index (χ2v) is 5.57. The predicted molar refractivity (Wildman–Crippen MR) is 76.0 cm³/mol. The number of rotatable bonds is 4. The molecule has 0 aliphatic heterocycles. The number of ether oxygens (including phenoxy) is 1. The van der Waals surface area contributed by atoms with Crippen LogP contribution in [0, 0.1) is 5.92 Å². The van der Waals surface area contributed by atoms with Gasteiger partial charge in [-0.25, -0.2) is 0 Å². The molecule has 1 aliphatic carbocycles. The quantitative estimate of drug-likeness (QED) is 0.880. The van der Waals surface area contributed by atoms with Crippen molar-refractivity contribution < 1.29 is 4.74 Å². The van der Waals surface area contributed by atoms with Gasteiger partial charge in [-0.3, -0.25) is 0 Å². The van der Waals surface area contributed by atoms with Crippen molar-refractivity contribution >= 4 is 0 Å². The van der Waals surface area contributed by atoms with Gasteiger partial charge < -0.3 is 10.5 Å². The molecule has 0 amide bonds. The standard InChI is InChI=1S/C16H25NO/c1-3-10-18-16-7-5-4-6-13(16)14-11-12(2)8-9-15(14)17/h4-7,12,14-15H,3,8-11,17H2,1-2H3. The number of benzene rings is 1. The number of hydrogen-bond acceptors (Lipinski definition) is 2. The van der Waals surface area contributed by atoms with Gasteiger partial charge in [0.25, 0.3) is 0 Å². The highest BCUT2D eigenvalue weighted by Gasteiger charge is 2.29. The fourth-order valence-corrected chi connectivity index (χ4v) is 2.89. The maximum atomic E-state index is 6.32. The van der Waals surface area contributed by atoms with Gasteiger partial charge in [0, 0.05) is 12.0 Å². The summed E-state index contributed by atoms with van der Waals surface area (Å²) in [6, 6.07) is 8.70. The van der Waals surface area contributed by atoms with E-state index >= 15 is 0 Å². The Morgan fingerprint density at radius 1 is 1.28 bits per heavy atom. The Hall–Kier alpha value is -1.02. The molecule has 0 heterocycles. The van der Waals surface area contributed by atoms with E-state index in [-0.39, 0.29) is 6.04 Å². The van der Waals surface area contributed by atoms with E-state index in [1.807, 2.05) is 6.07 Å². The Balaban J connectivity index is 2.19. The highest BCUT2D eigenvalue weighted by molar-refractivity contribution is 5.37. The molecular formula is C16H25NO. The summed E-state index contributed by atoms with van der Waals surface area (Å²) in [5.74, 6) is 2.27. The van der Waals surface area contributed by atoms with Gasteiger partial charge in [-0.05, 0) is 43.2 Å². The van der Waals surface area contributed by atoms with Gasteiger partial charge in [-0.15, -0.1) is 0 Å². The lowest BCUT2D eigenvalue weighted by molar-refractivity contribution is 0.282. The first-order valence-electron chi connectivity index (χ1n) is 7.19. The fraction of sp³-hybridized carbons (Fsp3) is 0.625. The van der Waals surface area contributed by atoms with Crippen molar-refractivity contribution in [2.75, 3.05) is 6.61 Å². The van der Waals surface area contributed by atoms with Crippen LogP contribution in [0.15, 0.2) is 24.3 Å². The third kappa shape index (κ3) is 3.05. The van der Waals surface area contributed by atoms with Crippen LogP contribution >= 0.6 is 0 Å². The second-order valence-electron chi connectivity index (χ2n) is 5.57. The summed E-state index contributed by atoms with van der Waals surface area (Å²) in [7, 11) is 0. The molecule has 1 aromatic carbocycles. The first kappa shape index (κ1) is 13.4. The van der Waals surface area contributed by atoms with Gasteiger partial charge >= 0.3 is 0 Å². The van der Waals surface area contributed by atoms with E-state index in [2.05, 4.69) is 32.0 Å². The third-order valence-electron chi connectivity index (χ3n) is 3.95. The molecular weight excluding hydrogens is 222 g/mol. The van der Waals surface area contributed by atoms with Gasteiger partial charge in [0.15, 0.2) is 0 Å². The van der Waals surface area contributed by atoms with E-state index in [4.69, 9.17) is 10.5 Å². The van der Waals surface area contributed by atoms with Crippen LogP contribution < -0.4 is 10.5 Å². The minimum atomic E-state index is 0.285. The van der Waals surface area contributed by atoms with Crippen molar-refractivity contribution in [3.05, 3.63) is 29.8 Å². The topological polar surface area (TPSA) is 35.2 Å². The van der Waals surface area contributed by atoms with Crippen molar-refractivity contribution in [1.82, 2.24) is 0 Å². The molecule has 0 spiro atoms. The summed E-state index contributed by atoms with van der Waals surface area (Å²) in [5.41, 5.74) is 7.63. The Bertz CT molecular complexity index is 377. The first-order valence-corrected chi connectivity index (χ1v) is 7.19. The second kappa shape index (κ2) is 6.24. The SMILES string of the molecule is CCCOc1ccccc1C1CC(C)CCC1N. The average molecular weight is 247 g/mol. The van der Waals surface area contributed by atoms with E-state index in [9.17, 15) is 0 Å². The van der Waals surface area contributed by atoms with Crippen molar-refractivity contribution in [2.45, 2.75) is 51.5 Å². The normalized spacial score (nSPS) is 28.1. The lowest BCUT2D eigenvalue weighted by Crippen LogP contribution is -2.34. The summed E-state index contributed by atoms with van der Waals surface area (Å²) in [6.45, 7) is 5.25. The molecule has 3 atom stereocenters. The van der Waals surface area contributed by atoms with E-state index < -0.39 is 0 Å². The van der Waals surface area contributed by atoms with Gasteiger partial charge in [0.05, 0.1) is 6.61 Å². The Morgan fingerprint density at radius 2 is 2.06 bits per heavy atom. The zero-order valence-corrected chi connectivity index (χ0v) is 11.6. The third-order valence-corrected chi connectivity index (χ3v) is 3.95. The highest BCUT2D eigenvalue weighted by atomic mass is 16.5. The zero-order chi connectivity index (χ0) is 13.0. The molecule has 0 radical (unpaired) electrons. The van der Waals surface area contributed by atoms with Crippen LogP contribution in [0.4, 0.5) is 0 Å². The molecule has 18 heavy (non-hydrogen) atoms. The Labute approximate surface area is 111 Å². The van der Waals surface area contributed by atoms with E-state index in [1.165, 1.54) is 18.4 Å². The van der Waals surface area contributed by atoms with Crippen LogP contribution in [0.5, 0.6) is 5.75 Å². The fourth-order valence-electron chi connectivity index (χ4n) is 2.89. The zero-order valence-electron chi connectivity index (χ0n) is 11.6. The summed E-state index contributed by atoms with van der Waals surface area (Å²) in [4.78, 5) is 0. The Kier molecular flexibility index (Phi) is 4.65. The molecule has 1 fully saturated rings. The molecule has 2 rings (SSSR count). The van der Waals surface area contributed by atoms with Crippen molar-refractivity contribution in [3.8, 4) is 5.75 Å². The van der Waals surface area contributed by atoms with E-state index in [0.717, 1.165) is 31.1 Å². The molecule has 2 nitrogen and oxygen atoms in total. The summed E-state index contributed by atoms with van der Waals surface area (Å²) < 4.78 is 5.87. The molecule has 1 saturated carbocycles. The van der Waals surface area contributed by atoms with Crippen LogP contribution in [-0.2, 0) is 0 Å². The largest absolute Gasteiger partial charge is 0.493 e. The summed E-state index contributed by atoms with van der Waals surface area (Å²) >= 11 is 0. The molecule has 1 aliphatic rings. The number of hydrogen-bond donors (Lipinski definition) is 1. The summed E-state index contributed by atoms with van der Waals surface area (Å²) in [5, 5.41) is 0. The van der Waals surface area contributed by atoms with Crippen molar-refractivity contribution in [3.63, 3.8) is 0 Å². The van der Waals surface area contributed by atoms with Crippen molar-refractivity contribution in [1.29, 1.82) is 0 Å². The molecule has 0 bridgehead atoms. The van der Waals surface area contributed by atoms with Crippen LogP contribution in [0.3, 0.4) is 0 Å². The molecule has 2 heteroatoms. The molecule has 100 valence electrons. The van der Waals surface area contributed by atoms with E-state index in [1.54, 1.807) is 0 Å². The molecule has 1 aromatic rings. The maximum absolute atomic E-state index is 6.32. The van der Waals surface area contributed by atoms with Crippen LogP contribution in [0.1, 0.15) is 51.0 Å². The molecule has 3 unspecified atom stereocenters. The van der Waals surface area contributed by atoms with Gasteiger partial charge in [-0.2, -0.15) is 0 Å². The van der Waals surface area contributed by atoms with Crippen LogP contribution in [-0.4, -0.2) is 12.6 Å². The number of para-hydroxylation sites is 1. The van der Waals surface area contributed by atoms with Gasteiger partial charge in [0.2, 0.25) is 0 Å². The van der Waals surface area contributed by atoms with E-state index in [0.29, 0.717) is 5.92 Å². The molecule has 2 N–H and O–H groups in total. The molecule has 0 aromatic heterocycles. The van der Waals surface area contributed by atoms with Crippen LogP contribution in [0.2, 0.25) is 0 Å². The van der Waals surface area contributed by atoms with Gasteiger partial charge in [-0.1, -0.05) is 32.0 Å². The lowest BCUT2D eigenvalue weighted by atomic mass is 9.75. The predicted octanol–water partition coefficient (Wildman–Crippen LogP) is 3.71. The average Bonchev–Trinajstić information content (AvgIpc) is 2.39. The first-order chi connectivity index (χ1) is 8.72. The van der Waals surface area contributed by atoms with Gasteiger partial charge in [0.1, 0.15) is 5.75 Å². The highest BCUT2D eigenvalue weighted by Crippen LogP contribution is 2.39. The maximum Gasteiger partial charge on any atom is 0.122 e. The lowest BCUT2D eigenvalue weighted by Gasteiger charge is -2.33. The molecule has 0 saturated heterocycles. The smallest absolute Gasteiger partial charge is 0.122 e. The van der Waals surface area contributed by atoms with Crippen molar-refractivity contribution in [2.24, 2.45) is 11.7 Å².